The maximum absolute atomic E-state index is 13.9. The smallest absolute Gasteiger partial charge is 0.261 e. The van der Waals surface area contributed by atoms with Gasteiger partial charge in [-0.05, 0) is 66.3 Å². The van der Waals surface area contributed by atoms with Crippen molar-refractivity contribution in [2.45, 2.75) is 51.0 Å². The third-order valence-electron chi connectivity index (χ3n) is 7.94. The third-order valence-corrected chi connectivity index (χ3v) is 10.9. The molecule has 1 atom stereocenters. The van der Waals surface area contributed by atoms with Gasteiger partial charge in [0, 0.05) is 29.8 Å². The van der Waals surface area contributed by atoms with Crippen LogP contribution in [0.2, 0.25) is 0 Å². The zero-order valence-corrected chi connectivity index (χ0v) is 26.7. The molecule has 4 heterocycles. The molecule has 1 amide bonds. The van der Waals surface area contributed by atoms with Crippen LogP contribution in [0, 0.1) is 30.3 Å². The predicted molar refractivity (Wildman–Crippen MR) is 167 cm³/mol. The second kappa shape index (κ2) is 12.4. The van der Waals surface area contributed by atoms with E-state index in [1.54, 1.807) is 31.2 Å². The molecule has 1 aliphatic rings. The maximum atomic E-state index is 13.9. The van der Waals surface area contributed by atoms with E-state index in [1.165, 1.54) is 18.2 Å². The highest BCUT2D eigenvalue weighted by atomic mass is 32.2. The standard InChI is InChI=1S/C33H29F3N4O4S2/c1-17(2)22-16-46(42,43)31-29(26-12-13-27(45-26)32(41)37-15-20-6-10-23(35)24(36)14-20)28(33-40-39-18(3)44-33)25(38-30(22)31)11-7-19-4-8-21(34)9-5-19/h4-6,8-10,12-14,17,22H,7,11,15-16H2,1-3H3,(H,37,41). The fourth-order valence-corrected chi connectivity index (χ4v) is 8.85. The zero-order chi connectivity index (χ0) is 32.7. The summed E-state index contributed by atoms with van der Waals surface area (Å²) in [6.07, 6.45) is 0.841. The van der Waals surface area contributed by atoms with Gasteiger partial charge in [-0.25, -0.2) is 21.6 Å². The molecular formula is C33H29F3N4O4S2. The van der Waals surface area contributed by atoms with Crippen molar-refractivity contribution in [3.63, 3.8) is 0 Å². The van der Waals surface area contributed by atoms with E-state index in [4.69, 9.17) is 9.40 Å². The molecule has 1 N–H and O–H groups in total. The van der Waals surface area contributed by atoms with Crippen molar-refractivity contribution in [1.29, 1.82) is 0 Å². The fourth-order valence-electron chi connectivity index (χ4n) is 5.58. The van der Waals surface area contributed by atoms with Gasteiger partial charge in [0.2, 0.25) is 11.8 Å². The Balaban J connectivity index is 1.47. The van der Waals surface area contributed by atoms with E-state index in [-0.39, 0.29) is 51.5 Å². The zero-order valence-electron chi connectivity index (χ0n) is 25.1. The number of nitrogens with one attached hydrogen (secondary N) is 1. The van der Waals surface area contributed by atoms with E-state index < -0.39 is 27.4 Å². The van der Waals surface area contributed by atoms with Crippen LogP contribution >= 0.6 is 11.3 Å². The van der Waals surface area contributed by atoms with Gasteiger partial charge in [-0.15, -0.1) is 21.5 Å². The van der Waals surface area contributed by atoms with E-state index in [2.05, 4.69) is 15.5 Å². The number of fused-ring (bicyclic) bond motifs is 1. The van der Waals surface area contributed by atoms with Crippen LogP contribution in [0.5, 0.6) is 0 Å². The number of hydrogen-bond acceptors (Lipinski definition) is 8. The Kier molecular flexibility index (Phi) is 8.55. The lowest BCUT2D eigenvalue weighted by Crippen LogP contribution is -2.21. The van der Waals surface area contributed by atoms with Gasteiger partial charge >= 0.3 is 0 Å². The average Bonchev–Trinajstić information content (AvgIpc) is 3.74. The molecule has 0 saturated carbocycles. The largest absolute Gasteiger partial charge is 0.421 e. The summed E-state index contributed by atoms with van der Waals surface area (Å²) in [5.41, 5.74) is 2.95. The number of carbonyl (C=O) groups is 1. The Hall–Kier alpha value is -4.36. The van der Waals surface area contributed by atoms with E-state index in [9.17, 15) is 26.4 Å². The highest BCUT2D eigenvalue weighted by molar-refractivity contribution is 7.92. The number of hydrogen-bond donors (Lipinski definition) is 1. The van der Waals surface area contributed by atoms with Gasteiger partial charge in [-0.3, -0.25) is 9.78 Å². The van der Waals surface area contributed by atoms with Crippen molar-refractivity contribution >= 4 is 27.1 Å². The van der Waals surface area contributed by atoms with Crippen LogP contribution in [0.25, 0.3) is 21.9 Å². The summed E-state index contributed by atoms with van der Waals surface area (Å²) in [7, 11) is -3.81. The van der Waals surface area contributed by atoms with Crippen molar-refractivity contribution < 1.29 is 30.8 Å². The van der Waals surface area contributed by atoms with Gasteiger partial charge in [-0.2, -0.15) is 0 Å². The molecule has 2 aromatic carbocycles. The topological polar surface area (TPSA) is 115 Å². The third kappa shape index (κ3) is 6.21. The number of rotatable bonds is 9. The molecule has 0 spiro atoms. The number of nitrogens with zero attached hydrogens (tertiary/aromatic N) is 3. The number of sulfone groups is 1. The summed E-state index contributed by atoms with van der Waals surface area (Å²) >= 11 is 1.08. The Morgan fingerprint density at radius 1 is 0.978 bits per heavy atom. The van der Waals surface area contributed by atoms with Crippen LogP contribution in [-0.4, -0.2) is 35.3 Å². The fraction of sp³-hybridized carbons (Fsp3) is 0.273. The Labute approximate surface area is 267 Å². The number of aryl methyl sites for hydroxylation is 3. The van der Waals surface area contributed by atoms with E-state index >= 15 is 0 Å². The number of aromatic nitrogens is 3. The van der Waals surface area contributed by atoms with Crippen LogP contribution < -0.4 is 5.32 Å². The molecule has 8 nitrogen and oxygen atoms in total. The van der Waals surface area contributed by atoms with Gasteiger partial charge < -0.3 is 9.73 Å². The van der Waals surface area contributed by atoms with Crippen molar-refractivity contribution in [3.8, 4) is 21.9 Å². The van der Waals surface area contributed by atoms with E-state index in [0.29, 0.717) is 45.8 Å². The van der Waals surface area contributed by atoms with Crippen molar-refractivity contribution in [2.24, 2.45) is 5.92 Å². The quantitative estimate of drug-likeness (QED) is 0.183. The van der Waals surface area contributed by atoms with E-state index in [1.807, 2.05) is 13.8 Å². The molecule has 6 rings (SSSR count). The highest BCUT2D eigenvalue weighted by Crippen LogP contribution is 2.49. The van der Waals surface area contributed by atoms with Crippen molar-refractivity contribution in [3.05, 3.63) is 105 Å². The lowest BCUT2D eigenvalue weighted by molar-refractivity contribution is 0.0955. The first kappa shape index (κ1) is 31.6. The Bertz CT molecular complexity index is 2060. The summed E-state index contributed by atoms with van der Waals surface area (Å²) < 4.78 is 74.2. The van der Waals surface area contributed by atoms with Crippen molar-refractivity contribution in [1.82, 2.24) is 20.5 Å². The molecule has 3 aromatic heterocycles. The first-order chi connectivity index (χ1) is 21.9. The van der Waals surface area contributed by atoms with Crippen LogP contribution in [0.4, 0.5) is 13.2 Å². The number of carbonyl (C=O) groups excluding carboxylic acids is 1. The van der Waals surface area contributed by atoms with Gasteiger partial charge in [-0.1, -0.05) is 32.0 Å². The summed E-state index contributed by atoms with van der Waals surface area (Å²) in [6, 6.07) is 12.8. The van der Waals surface area contributed by atoms with Crippen molar-refractivity contribution in [2.75, 3.05) is 5.75 Å². The maximum Gasteiger partial charge on any atom is 0.261 e. The molecule has 0 aliphatic carbocycles. The van der Waals surface area contributed by atoms with Crippen LogP contribution in [0.15, 0.2) is 63.9 Å². The predicted octanol–water partition coefficient (Wildman–Crippen LogP) is 6.83. The molecule has 238 valence electrons. The monoisotopic (exact) mass is 666 g/mol. The van der Waals surface area contributed by atoms with Crippen LogP contribution in [0.3, 0.4) is 0 Å². The number of pyridine rings is 1. The second-order valence-electron chi connectivity index (χ2n) is 11.5. The Morgan fingerprint density at radius 3 is 2.39 bits per heavy atom. The summed E-state index contributed by atoms with van der Waals surface area (Å²) in [4.78, 5) is 19.0. The number of amides is 1. The van der Waals surface area contributed by atoms with Gasteiger partial charge in [0.1, 0.15) is 5.82 Å². The molecule has 0 bridgehead atoms. The van der Waals surface area contributed by atoms with Crippen LogP contribution in [0.1, 0.15) is 57.8 Å². The minimum absolute atomic E-state index is 0.0289. The highest BCUT2D eigenvalue weighted by Gasteiger charge is 2.43. The van der Waals surface area contributed by atoms with E-state index in [0.717, 1.165) is 29.0 Å². The molecular weight excluding hydrogens is 638 g/mol. The Morgan fingerprint density at radius 2 is 1.72 bits per heavy atom. The molecule has 0 fully saturated rings. The summed E-state index contributed by atoms with van der Waals surface area (Å²) in [6.45, 7) is 5.48. The SMILES string of the molecule is Cc1nnc(-c2c(CCc3ccc(F)cc3)nc3c(c2-c2ccc(C(=O)NCc4ccc(F)c(F)c4)s2)S(=O)(=O)CC3C(C)C)o1. The number of thiophene rings is 1. The molecule has 13 heteroatoms. The second-order valence-corrected chi connectivity index (χ2v) is 14.6. The molecule has 0 radical (unpaired) electrons. The number of halogens is 3. The van der Waals surface area contributed by atoms with Gasteiger partial charge in [0.15, 0.2) is 21.5 Å². The minimum Gasteiger partial charge on any atom is -0.421 e. The summed E-state index contributed by atoms with van der Waals surface area (Å²) in [5.74, 6) is -2.96. The molecule has 1 unspecified atom stereocenters. The molecule has 46 heavy (non-hydrogen) atoms. The first-order valence-corrected chi connectivity index (χ1v) is 17.0. The minimum atomic E-state index is -3.81. The average molecular weight is 667 g/mol. The van der Waals surface area contributed by atoms with Crippen LogP contribution in [-0.2, 0) is 29.2 Å². The summed E-state index contributed by atoms with van der Waals surface area (Å²) in [5, 5.41) is 10.9. The molecule has 1 aliphatic heterocycles. The lowest BCUT2D eigenvalue weighted by atomic mass is 9.90. The first-order valence-electron chi connectivity index (χ1n) is 14.6. The normalized spacial score (nSPS) is 15.3. The van der Waals surface area contributed by atoms with Gasteiger partial charge in [0.05, 0.1) is 32.5 Å². The molecule has 5 aromatic rings. The lowest BCUT2D eigenvalue weighted by Gasteiger charge is -2.18. The van der Waals surface area contributed by atoms with Gasteiger partial charge in [0.25, 0.3) is 5.91 Å². The molecule has 0 saturated heterocycles. The number of benzene rings is 2.